The first-order valence-corrected chi connectivity index (χ1v) is 11.9. The molecule has 2 N–H and O–H groups in total. The van der Waals surface area contributed by atoms with Gasteiger partial charge in [-0.1, -0.05) is 29.5 Å². The second-order valence-corrected chi connectivity index (χ2v) is 10.2. The lowest BCUT2D eigenvalue weighted by Crippen LogP contribution is -2.23. The van der Waals surface area contributed by atoms with Crippen LogP contribution in [0.15, 0.2) is 47.4 Å². The van der Waals surface area contributed by atoms with E-state index in [0.29, 0.717) is 32.8 Å². The molecule has 0 unspecified atom stereocenters. The number of hydrogen-bond donors (Lipinski definition) is 2. The van der Waals surface area contributed by atoms with Gasteiger partial charge in [0.2, 0.25) is 0 Å². The molecule has 0 spiro atoms. The summed E-state index contributed by atoms with van der Waals surface area (Å²) in [5, 5.41) is 6.92. The minimum absolute atomic E-state index is 0.354. The highest BCUT2D eigenvalue weighted by molar-refractivity contribution is 7.92. The van der Waals surface area contributed by atoms with Gasteiger partial charge in [0, 0.05) is 11.4 Å². The molecule has 0 saturated heterocycles. The van der Waals surface area contributed by atoms with Crippen LogP contribution < -0.4 is 10.6 Å². The van der Waals surface area contributed by atoms with Crippen molar-refractivity contribution in [1.82, 2.24) is 15.0 Å². The third-order valence-corrected chi connectivity index (χ3v) is 7.18. The quantitative estimate of drug-likeness (QED) is 0.363. The normalized spacial score (nSPS) is 12.2. The lowest BCUT2D eigenvalue weighted by molar-refractivity contribution is -0.0436. The Labute approximate surface area is 191 Å². The Morgan fingerprint density at radius 3 is 2.12 bits per heavy atom. The predicted molar refractivity (Wildman–Crippen MR) is 122 cm³/mol. The van der Waals surface area contributed by atoms with Crippen molar-refractivity contribution >= 4 is 53.8 Å². The van der Waals surface area contributed by atoms with Crippen LogP contribution in [-0.2, 0) is 9.84 Å². The molecular formula is C21H18F3N5O2S2. The summed E-state index contributed by atoms with van der Waals surface area (Å²) in [7, 11) is -5.41. The number of aryl methyl sites for hydroxylation is 3. The van der Waals surface area contributed by atoms with E-state index in [9.17, 15) is 21.6 Å². The van der Waals surface area contributed by atoms with Gasteiger partial charge in [0.25, 0.3) is 9.84 Å². The van der Waals surface area contributed by atoms with Crippen LogP contribution >= 0.6 is 11.3 Å². The van der Waals surface area contributed by atoms with Crippen LogP contribution in [0, 0.1) is 20.8 Å². The van der Waals surface area contributed by atoms with Gasteiger partial charge in [-0.2, -0.15) is 13.2 Å². The number of halogens is 3. The fraction of sp³-hybridized carbons (Fsp3) is 0.190. The number of thiazole rings is 1. The van der Waals surface area contributed by atoms with Crippen molar-refractivity contribution in [2.24, 2.45) is 0 Å². The van der Waals surface area contributed by atoms with Crippen molar-refractivity contribution in [2.45, 2.75) is 31.2 Å². The van der Waals surface area contributed by atoms with E-state index in [2.05, 4.69) is 25.6 Å². The lowest BCUT2D eigenvalue weighted by atomic mass is 10.1. The SMILES string of the molecule is Cc1nc(Nc2ccc(S(=O)(=O)C(F)(F)F)cc2)c2nc(Nc3c(C)cccc3C)sc2n1. The molecule has 33 heavy (non-hydrogen) atoms. The molecule has 12 heteroatoms. The Morgan fingerprint density at radius 1 is 0.879 bits per heavy atom. The highest BCUT2D eigenvalue weighted by Gasteiger charge is 2.46. The van der Waals surface area contributed by atoms with Gasteiger partial charge in [-0.3, -0.25) is 0 Å². The van der Waals surface area contributed by atoms with Gasteiger partial charge in [-0.05, 0) is 56.2 Å². The number of alkyl halides is 3. The molecule has 0 aliphatic heterocycles. The average molecular weight is 494 g/mol. The summed E-state index contributed by atoms with van der Waals surface area (Å²) in [5.74, 6) is 0.832. The van der Waals surface area contributed by atoms with Crippen LogP contribution in [0.5, 0.6) is 0 Å². The summed E-state index contributed by atoms with van der Waals surface area (Å²) < 4.78 is 61.4. The second kappa shape index (κ2) is 8.27. The third kappa shape index (κ3) is 4.48. The Morgan fingerprint density at radius 2 is 1.52 bits per heavy atom. The van der Waals surface area contributed by atoms with Gasteiger partial charge >= 0.3 is 5.51 Å². The molecule has 0 fully saturated rings. The Hall–Kier alpha value is -3.25. The maximum atomic E-state index is 12.8. The minimum atomic E-state index is -5.41. The van der Waals surface area contributed by atoms with Gasteiger partial charge in [0.15, 0.2) is 15.8 Å². The first-order valence-electron chi connectivity index (χ1n) is 9.62. The monoisotopic (exact) mass is 493 g/mol. The van der Waals surface area contributed by atoms with Crippen molar-refractivity contribution in [1.29, 1.82) is 0 Å². The van der Waals surface area contributed by atoms with E-state index in [1.807, 2.05) is 32.0 Å². The zero-order valence-electron chi connectivity index (χ0n) is 17.6. The topological polar surface area (TPSA) is 96.9 Å². The molecule has 0 bridgehead atoms. The van der Waals surface area contributed by atoms with E-state index < -0.39 is 20.2 Å². The molecule has 0 amide bonds. The molecular weight excluding hydrogens is 475 g/mol. The number of nitrogens with one attached hydrogen (secondary N) is 2. The molecule has 2 heterocycles. The Balaban J connectivity index is 1.66. The van der Waals surface area contributed by atoms with Crippen LogP contribution in [0.2, 0.25) is 0 Å². The summed E-state index contributed by atoms with van der Waals surface area (Å²) in [6, 6.07) is 10.2. The summed E-state index contributed by atoms with van der Waals surface area (Å²) in [5.41, 5.74) is -1.47. The van der Waals surface area contributed by atoms with Crippen molar-refractivity contribution in [3.8, 4) is 0 Å². The summed E-state index contributed by atoms with van der Waals surface area (Å²) in [6.07, 6.45) is 0. The van der Waals surface area contributed by atoms with Gasteiger partial charge < -0.3 is 10.6 Å². The number of hydrogen-bond acceptors (Lipinski definition) is 8. The fourth-order valence-electron chi connectivity index (χ4n) is 3.18. The van der Waals surface area contributed by atoms with Gasteiger partial charge in [0.05, 0.1) is 4.90 Å². The third-order valence-electron chi connectivity index (χ3n) is 4.82. The van der Waals surface area contributed by atoms with E-state index in [1.165, 1.54) is 23.5 Å². The van der Waals surface area contributed by atoms with E-state index in [4.69, 9.17) is 0 Å². The van der Waals surface area contributed by atoms with E-state index in [0.717, 1.165) is 28.9 Å². The summed E-state index contributed by atoms with van der Waals surface area (Å²) in [4.78, 5) is 13.2. The second-order valence-electron chi connectivity index (χ2n) is 7.28. The van der Waals surface area contributed by atoms with E-state index >= 15 is 0 Å². The van der Waals surface area contributed by atoms with E-state index in [1.54, 1.807) is 6.92 Å². The molecule has 2 aromatic heterocycles. The van der Waals surface area contributed by atoms with Crippen LogP contribution in [-0.4, -0.2) is 28.9 Å². The van der Waals surface area contributed by atoms with Crippen molar-refractivity contribution < 1.29 is 21.6 Å². The number of benzene rings is 2. The summed E-state index contributed by atoms with van der Waals surface area (Å²) >= 11 is 1.34. The van der Waals surface area contributed by atoms with Crippen LogP contribution in [0.1, 0.15) is 17.0 Å². The first-order chi connectivity index (χ1) is 15.5. The molecule has 172 valence electrons. The number of rotatable bonds is 5. The largest absolute Gasteiger partial charge is 0.501 e. The van der Waals surface area contributed by atoms with E-state index in [-0.39, 0.29) is 0 Å². The smallest absolute Gasteiger partial charge is 0.338 e. The maximum absolute atomic E-state index is 12.8. The molecule has 0 saturated carbocycles. The van der Waals surface area contributed by atoms with Crippen LogP contribution in [0.3, 0.4) is 0 Å². The molecule has 4 aromatic rings. The van der Waals surface area contributed by atoms with Crippen molar-refractivity contribution in [2.75, 3.05) is 10.6 Å². The molecule has 7 nitrogen and oxygen atoms in total. The average Bonchev–Trinajstić information content (AvgIpc) is 3.13. The lowest BCUT2D eigenvalue weighted by Gasteiger charge is -2.10. The zero-order valence-corrected chi connectivity index (χ0v) is 19.3. The Bertz CT molecular complexity index is 1430. The Kier molecular flexibility index (Phi) is 5.74. The molecule has 0 aliphatic carbocycles. The van der Waals surface area contributed by atoms with Gasteiger partial charge in [-0.15, -0.1) is 0 Å². The molecule has 0 aliphatic rings. The van der Waals surface area contributed by atoms with Gasteiger partial charge in [0.1, 0.15) is 11.3 Å². The number of anilines is 4. The molecule has 0 radical (unpaired) electrons. The van der Waals surface area contributed by atoms with Crippen LogP contribution in [0.4, 0.5) is 35.5 Å². The number of fused-ring (bicyclic) bond motifs is 1. The number of aromatic nitrogens is 3. The maximum Gasteiger partial charge on any atom is 0.501 e. The highest BCUT2D eigenvalue weighted by atomic mass is 32.2. The number of para-hydroxylation sites is 1. The van der Waals surface area contributed by atoms with Crippen LogP contribution in [0.25, 0.3) is 10.3 Å². The number of nitrogens with zero attached hydrogens (tertiary/aromatic N) is 3. The molecule has 0 atom stereocenters. The molecule has 4 rings (SSSR count). The predicted octanol–water partition coefficient (Wildman–Crippen LogP) is 5.79. The minimum Gasteiger partial charge on any atom is -0.338 e. The van der Waals surface area contributed by atoms with Crippen molar-refractivity contribution in [3.63, 3.8) is 0 Å². The van der Waals surface area contributed by atoms with Gasteiger partial charge in [-0.25, -0.2) is 23.4 Å². The first kappa shape index (κ1) is 22.9. The fourth-order valence-corrected chi connectivity index (χ4v) is 4.83. The zero-order chi connectivity index (χ0) is 24.0. The number of sulfone groups is 1. The highest BCUT2D eigenvalue weighted by Crippen LogP contribution is 2.34. The standard InChI is InChI=1S/C21H18F3N5O2S2/c1-11-5-4-6-12(2)16(11)28-20-29-17-18(25-13(3)26-19(17)32-20)27-14-7-9-15(10-8-14)33(30,31)21(22,23)24/h4-10H,1-3H3,(H,28,29)(H,25,26,27). The summed E-state index contributed by atoms with van der Waals surface area (Å²) in [6.45, 7) is 5.69. The van der Waals surface area contributed by atoms with Crippen molar-refractivity contribution in [3.05, 3.63) is 59.4 Å². The molecule has 2 aromatic carbocycles.